The van der Waals surface area contributed by atoms with Gasteiger partial charge in [0.15, 0.2) is 0 Å². The maximum atomic E-state index is 12.0. The van der Waals surface area contributed by atoms with Crippen molar-refractivity contribution in [2.24, 2.45) is 0 Å². The summed E-state index contributed by atoms with van der Waals surface area (Å²) in [4.78, 5) is 10.7. The van der Waals surface area contributed by atoms with Crippen molar-refractivity contribution in [3.8, 4) is 0 Å². The highest BCUT2D eigenvalue weighted by molar-refractivity contribution is 7.89. The van der Waals surface area contributed by atoms with Crippen molar-refractivity contribution in [2.75, 3.05) is 6.61 Å². The van der Waals surface area contributed by atoms with Crippen LogP contribution >= 0.6 is 0 Å². The highest BCUT2D eigenvalue weighted by Crippen LogP contribution is 2.17. The van der Waals surface area contributed by atoms with Crippen LogP contribution in [0.15, 0.2) is 23.1 Å². The van der Waals surface area contributed by atoms with Crippen LogP contribution in [0.4, 0.5) is 0 Å². The molecule has 18 heavy (non-hydrogen) atoms. The fourth-order valence-corrected chi connectivity index (χ4v) is 2.89. The quantitative estimate of drug-likeness (QED) is 0.718. The molecule has 1 rings (SSSR count). The first-order chi connectivity index (χ1) is 8.27. The largest absolute Gasteiger partial charge is 0.478 e. The zero-order valence-corrected chi connectivity index (χ0v) is 10.9. The predicted octanol–water partition coefficient (Wildman–Crippen LogP) is 0.352. The Morgan fingerprint density at radius 1 is 1.44 bits per heavy atom. The number of aliphatic hydroxyl groups is 1. The molecule has 100 valence electrons. The monoisotopic (exact) mass is 273 g/mol. The lowest BCUT2D eigenvalue weighted by Gasteiger charge is -2.13. The number of sulfonamides is 1. The number of carboxylic acid groups (broad SMARTS) is 1. The molecule has 0 unspecified atom stereocenters. The van der Waals surface area contributed by atoms with Gasteiger partial charge in [-0.25, -0.2) is 17.9 Å². The van der Waals surface area contributed by atoms with E-state index in [4.69, 9.17) is 10.2 Å². The third-order valence-electron chi connectivity index (χ3n) is 2.35. The van der Waals surface area contributed by atoms with Crippen LogP contribution in [0.1, 0.15) is 22.8 Å². The van der Waals surface area contributed by atoms with E-state index in [1.807, 2.05) is 0 Å². The van der Waals surface area contributed by atoms with Crippen molar-refractivity contribution < 1.29 is 23.4 Å². The number of carbonyl (C=O) groups is 1. The van der Waals surface area contributed by atoms with Gasteiger partial charge in [-0.15, -0.1) is 0 Å². The molecule has 0 bridgehead atoms. The SMILES string of the molecule is Cc1ccc(C(=O)O)cc1S(=O)(=O)N[C@H](C)CO. The van der Waals surface area contributed by atoms with E-state index < -0.39 is 22.0 Å². The lowest BCUT2D eigenvalue weighted by Crippen LogP contribution is -2.35. The molecule has 1 aromatic rings. The Morgan fingerprint density at radius 2 is 2.06 bits per heavy atom. The Bertz CT molecular complexity index is 553. The third-order valence-corrected chi connectivity index (χ3v) is 4.09. The van der Waals surface area contributed by atoms with Gasteiger partial charge in [0.1, 0.15) is 0 Å². The molecular formula is C11H15NO5S. The molecule has 1 atom stereocenters. The van der Waals surface area contributed by atoms with Gasteiger partial charge in [-0.1, -0.05) is 6.07 Å². The van der Waals surface area contributed by atoms with Crippen LogP contribution in [0.3, 0.4) is 0 Å². The number of hydrogen-bond acceptors (Lipinski definition) is 4. The van der Waals surface area contributed by atoms with E-state index in [2.05, 4.69) is 4.72 Å². The molecule has 6 nitrogen and oxygen atoms in total. The minimum atomic E-state index is -3.83. The lowest BCUT2D eigenvalue weighted by atomic mass is 10.1. The van der Waals surface area contributed by atoms with Gasteiger partial charge in [-0.05, 0) is 31.5 Å². The summed E-state index contributed by atoms with van der Waals surface area (Å²) in [5.41, 5.74) is 0.343. The highest BCUT2D eigenvalue weighted by atomic mass is 32.2. The van der Waals surface area contributed by atoms with E-state index in [-0.39, 0.29) is 17.1 Å². The van der Waals surface area contributed by atoms with E-state index in [1.54, 1.807) is 6.92 Å². The molecule has 0 aliphatic carbocycles. The summed E-state index contributed by atoms with van der Waals surface area (Å²) >= 11 is 0. The van der Waals surface area contributed by atoms with E-state index in [9.17, 15) is 13.2 Å². The number of carboxylic acids is 1. The van der Waals surface area contributed by atoms with Crippen molar-refractivity contribution in [2.45, 2.75) is 24.8 Å². The number of aromatic carboxylic acids is 1. The number of nitrogens with one attached hydrogen (secondary N) is 1. The molecule has 0 aromatic heterocycles. The molecule has 0 aliphatic rings. The highest BCUT2D eigenvalue weighted by Gasteiger charge is 2.20. The average Bonchev–Trinajstić information content (AvgIpc) is 2.28. The van der Waals surface area contributed by atoms with Gasteiger partial charge in [0.05, 0.1) is 17.1 Å². The van der Waals surface area contributed by atoms with Crippen molar-refractivity contribution in [3.05, 3.63) is 29.3 Å². The number of benzene rings is 1. The second-order valence-corrected chi connectivity index (χ2v) is 5.67. The number of hydrogen-bond donors (Lipinski definition) is 3. The summed E-state index contributed by atoms with van der Waals surface area (Å²) in [5, 5.41) is 17.7. The lowest BCUT2D eigenvalue weighted by molar-refractivity contribution is 0.0696. The predicted molar refractivity (Wildman–Crippen MR) is 65.0 cm³/mol. The minimum Gasteiger partial charge on any atom is -0.478 e. The first-order valence-electron chi connectivity index (χ1n) is 5.25. The molecule has 0 aliphatic heterocycles. The van der Waals surface area contributed by atoms with Gasteiger partial charge in [0.25, 0.3) is 0 Å². The van der Waals surface area contributed by atoms with Crippen LogP contribution in [0.5, 0.6) is 0 Å². The zero-order chi connectivity index (χ0) is 13.9. The Kier molecular flexibility index (Phi) is 4.44. The first-order valence-corrected chi connectivity index (χ1v) is 6.73. The summed E-state index contributed by atoms with van der Waals surface area (Å²) in [6.07, 6.45) is 0. The number of aliphatic hydroxyl groups excluding tert-OH is 1. The maximum Gasteiger partial charge on any atom is 0.335 e. The Balaban J connectivity index is 3.23. The van der Waals surface area contributed by atoms with Crippen LogP contribution < -0.4 is 4.72 Å². The van der Waals surface area contributed by atoms with Gasteiger partial charge in [0.2, 0.25) is 10.0 Å². The van der Waals surface area contributed by atoms with Crippen LogP contribution in [0.25, 0.3) is 0 Å². The van der Waals surface area contributed by atoms with Crippen LogP contribution in [0, 0.1) is 6.92 Å². The van der Waals surface area contributed by atoms with Crippen molar-refractivity contribution in [1.29, 1.82) is 0 Å². The van der Waals surface area contributed by atoms with Crippen LogP contribution in [-0.2, 0) is 10.0 Å². The Hall–Kier alpha value is -1.44. The summed E-state index contributed by atoms with van der Waals surface area (Å²) in [6.45, 7) is 2.74. The summed E-state index contributed by atoms with van der Waals surface area (Å²) in [6, 6.07) is 3.24. The van der Waals surface area contributed by atoms with E-state index in [0.717, 1.165) is 6.07 Å². The Morgan fingerprint density at radius 3 is 2.56 bits per heavy atom. The minimum absolute atomic E-state index is 0.0947. The molecule has 0 spiro atoms. The smallest absolute Gasteiger partial charge is 0.335 e. The summed E-state index contributed by atoms with van der Waals surface area (Å²) < 4.78 is 26.2. The summed E-state index contributed by atoms with van der Waals surface area (Å²) in [7, 11) is -3.83. The van der Waals surface area contributed by atoms with E-state index >= 15 is 0 Å². The Labute approximate surface area is 105 Å². The van der Waals surface area contributed by atoms with E-state index in [0.29, 0.717) is 5.56 Å². The molecular weight excluding hydrogens is 258 g/mol. The van der Waals surface area contributed by atoms with Crippen molar-refractivity contribution in [3.63, 3.8) is 0 Å². The fraction of sp³-hybridized carbons (Fsp3) is 0.364. The number of rotatable bonds is 5. The topological polar surface area (TPSA) is 104 Å². The second kappa shape index (κ2) is 5.47. The van der Waals surface area contributed by atoms with Gasteiger partial charge in [-0.2, -0.15) is 0 Å². The maximum absolute atomic E-state index is 12.0. The van der Waals surface area contributed by atoms with Crippen molar-refractivity contribution >= 4 is 16.0 Å². The third kappa shape index (κ3) is 3.28. The van der Waals surface area contributed by atoms with Gasteiger partial charge >= 0.3 is 5.97 Å². The standard InChI is InChI=1S/C11H15NO5S/c1-7-3-4-9(11(14)15)5-10(7)18(16,17)12-8(2)6-13/h3-5,8,12-13H,6H2,1-2H3,(H,14,15)/t8-/m1/s1. The van der Waals surface area contributed by atoms with Crippen LogP contribution in [0.2, 0.25) is 0 Å². The molecule has 7 heteroatoms. The molecule has 0 saturated carbocycles. The average molecular weight is 273 g/mol. The van der Waals surface area contributed by atoms with E-state index in [1.165, 1.54) is 19.1 Å². The molecule has 0 radical (unpaired) electrons. The molecule has 0 saturated heterocycles. The second-order valence-electron chi connectivity index (χ2n) is 3.99. The first kappa shape index (κ1) is 14.6. The number of aryl methyl sites for hydroxylation is 1. The molecule has 0 amide bonds. The van der Waals surface area contributed by atoms with Gasteiger partial charge in [-0.3, -0.25) is 0 Å². The molecule has 0 fully saturated rings. The normalized spacial score (nSPS) is 13.3. The molecule has 3 N–H and O–H groups in total. The van der Waals surface area contributed by atoms with Crippen molar-refractivity contribution in [1.82, 2.24) is 4.72 Å². The molecule has 1 aromatic carbocycles. The fourth-order valence-electron chi connectivity index (χ4n) is 1.39. The van der Waals surface area contributed by atoms with Crippen LogP contribution in [-0.4, -0.2) is 37.2 Å². The van der Waals surface area contributed by atoms with Gasteiger partial charge in [0, 0.05) is 6.04 Å². The molecule has 0 heterocycles. The van der Waals surface area contributed by atoms with Gasteiger partial charge < -0.3 is 10.2 Å². The zero-order valence-electron chi connectivity index (χ0n) is 10.0. The summed E-state index contributed by atoms with van der Waals surface area (Å²) in [5.74, 6) is -1.19.